The average molecular weight is 343 g/mol. The average Bonchev–Trinajstić information content (AvgIpc) is 2.59. The Labute approximate surface area is 103 Å². The number of carbonyl (C=O) groups excluding carboxylic acids is 2. The molecule has 2 fully saturated rings. The highest BCUT2D eigenvalue weighted by molar-refractivity contribution is 14.2. The minimum Gasteiger partial charge on any atom is -0.460 e. The fourth-order valence-electron chi connectivity index (χ4n) is 2.20. The van der Waals surface area contributed by atoms with Crippen molar-refractivity contribution >= 4 is 42.3 Å². The Morgan fingerprint density at radius 1 is 1.67 bits per heavy atom. The zero-order valence-electron chi connectivity index (χ0n) is 7.94. The van der Waals surface area contributed by atoms with Crippen LogP contribution in [-0.4, -0.2) is 30.1 Å². The molecule has 1 amide bonds. The third-order valence-corrected chi connectivity index (χ3v) is 3.67. The van der Waals surface area contributed by atoms with Crippen LogP contribution in [0.25, 0.3) is 0 Å². The Kier molecular flexibility index (Phi) is 3.41. The summed E-state index contributed by atoms with van der Waals surface area (Å²) in [5, 5.41) is 2.79. The molecule has 7 heteroatoms. The summed E-state index contributed by atoms with van der Waals surface area (Å²) in [7, 11) is 1.21. The molecule has 0 aromatic carbocycles. The predicted octanol–water partition coefficient (Wildman–Crippen LogP) is 0.820. The van der Waals surface area contributed by atoms with E-state index in [2.05, 4.69) is 5.32 Å². The zero-order valence-corrected chi connectivity index (χ0v) is 10.9. The number of halogens is 1. The largest absolute Gasteiger partial charge is 0.460 e. The van der Waals surface area contributed by atoms with Crippen LogP contribution >= 0.6 is 30.4 Å². The molecule has 0 spiro atoms. The highest BCUT2D eigenvalue weighted by atomic mass is 127. The van der Waals surface area contributed by atoms with E-state index in [1.807, 2.05) is 21.2 Å². The van der Waals surface area contributed by atoms with E-state index in [9.17, 15) is 9.59 Å². The minimum absolute atomic E-state index is 0.00106. The van der Waals surface area contributed by atoms with Crippen LogP contribution in [0.1, 0.15) is 13.3 Å². The van der Waals surface area contributed by atoms with Gasteiger partial charge in [-0.15, -0.1) is 0 Å². The number of ether oxygens (including phenoxy) is 1. The summed E-state index contributed by atoms with van der Waals surface area (Å²) in [6, 6.07) is -0.186. The van der Waals surface area contributed by atoms with Gasteiger partial charge in [0.2, 0.25) is 5.91 Å². The lowest BCUT2D eigenvalue weighted by Gasteiger charge is -2.22. The van der Waals surface area contributed by atoms with Gasteiger partial charge in [0, 0.05) is 34.6 Å². The van der Waals surface area contributed by atoms with E-state index in [4.69, 9.17) is 8.92 Å². The predicted molar refractivity (Wildman–Crippen MR) is 62.1 cm³/mol. The molecule has 2 aliphatic rings. The van der Waals surface area contributed by atoms with Crippen LogP contribution in [0, 0.1) is 5.92 Å². The fourth-order valence-corrected chi connectivity index (χ4v) is 3.26. The van der Waals surface area contributed by atoms with Gasteiger partial charge in [-0.3, -0.25) is 13.8 Å². The van der Waals surface area contributed by atoms with Crippen molar-refractivity contribution in [3.8, 4) is 0 Å². The van der Waals surface area contributed by atoms with Crippen LogP contribution in [0.15, 0.2) is 0 Å². The second-order valence-electron chi connectivity index (χ2n) is 3.65. The lowest BCUT2D eigenvalue weighted by atomic mass is 10.1. The number of rotatable bonds is 3. The highest BCUT2D eigenvalue weighted by Crippen LogP contribution is 2.39. The van der Waals surface area contributed by atoms with E-state index in [0.29, 0.717) is 6.42 Å². The molecule has 0 aromatic heterocycles. The maximum absolute atomic E-state index is 11.4. The molecule has 0 radical (unpaired) electrons. The smallest absolute Gasteiger partial charge is 0.302 e. The lowest BCUT2D eigenvalue weighted by molar-refractivity contribution is -0.149. The first-order valence-corrected chi connectivity index (χ1v) is 7.83. The minimum atomic E-state index is -0.317. The van der Waals surface area contributed by atoms with E-state index in [-0.39, 0.29) is 36.0 Å². The molecule has 2 rings (SSSR count). The Morgan fingerprint density at radius 3 is 3.00 bits per heavy atom. The summed E-state index contributed by atoms with van der Waals surface area (Å²) < 4.78 is 10.5. The van der Waals surface area contributed by atoms with Crippen molar-refractivity contribution in [1.29, 1.82) is 0 Å². The molecular formula is C8H10INO4S. The fraction of sp³-hybridized carbons (Fsp3) is 0.750. The number of fused-ring (bicyclic) bond motifs is 2. The molecule has 1 saturated heterocycles. The summed E-state index contributed by atoms with van der Waals surface area (Å²) in [6.07, 6.45) is 0.153. The van der Waals surface area contributed by atoms with Crippen molar-refractivity contribution in [3.63, 3.8) is 0 Å². The maximum atomic E-state index is 11.4. The molecule has 2 bridgehead atoms. The van der Waals surface area contributed by atoms with Crippen molar-refractivity contribution in [3.05, 3.63) is 0 Å². The Hall–Kier alpha value is -0.0200. The first kappa shape index (κ1) is 11.5. The Balaban J connectivity index is 2.05. The van der Waals surface area contributed by atoms with E-state index in [0.717, 1.165) is 0 Å². The van der Waals surface area contributed by atoms with Crippen LogP contribution in [0.4, 0.5) is 0 Å². The van der Waals surface area contributed by atoms with Gasteiger partial charge in [0.25, 0.3) is 0 Å². The molecule has 4 unspecified atom stereocenters. The van der Waals surface area contributed by atoms with Crippen LogP contribution in [0.5, 0.6) is 0 Å². The van der Waals surface area contributed by atoms with Crippen molar-refractivity contribution < 1.29 is 18.5 Å². The molecule has 4 atom stereocenters. The van der Waals surface area contributed by atoms with Gasteiger partial charge in [0.05, 0.1) is 21.2 Å². The summed E-state index contributed by atoms with van der Waals surface area (Å²) in [5.41, 5.74) is 0. The van der Waals surface area contributed by atoms with Gasteiger partial charge in [-0.25, -0.2) is 0 Å². The van der Waals surface area contributed by atoms with Gasteiger partial charge in [0.1, 0.15) is 12.2 Å². The molecule has 15 heavy (non-hydrogen) atoms. The van der Waals surface area contributed by atoms with Gasteiger partial charge < -0.3 is 10.1 Å². The SMILES string of the molecule is CC(=O)OC1CC2C(=O)NC1C2OSI. The summed E-state index contributed by atoms with van der Waals surface area (Å²) in [5.74, 6) is -0.497. The first-order valence-electron chi connectivity index (χ1n) is 4.55. The zero-order chi connectivity index (χ0) is 11.0. The standard InChI is InChI=1S/C8H10INO4S/c1-3(11)13-5-2-4-7(14-15-9)6(5)10-8(4)12/h4-7H,2H2,1H3,(H,10,12). The molecular weight excluding hydrogens is 333 g/mol. The third-order valence-electron chi connectivity index (χ3n) is 2.75. The van der Waals surface area contributed by atoms with Gasteiger partial charge in [-0.1, -0.05) is 0 Å². The number of esters is 1. The number of carbonyl (C=O) groups is 2. The molecule has 5 nitrogen and oxygen atoms in total. The number of nitrogens with one attached hydrogen (secondary N) is 1. The summed E-state index contributed by atoms with van der Waals surface area (Å²) in [4.78, 5) is 22.2. The molecule has 1 aliphatic heterocycles. The van der Waals surface area contributed by atoms with Gasteiger partial charge >= 0.3 is 5.97 Å². The van der Waals surface area contributed by atoms with Gasteiger partial charge in [0.15, 0.2) is 0 Å². The van der Waals surface area contributed by atoms with Crippen LogP contribution in [0.2, 0.25) is 0 Å². The number of hydrogen-bond acceptors (Lipinski definition) is 5. The molecule has 1 aliphatic carbocycles. The maximum Gasteiger partial charge on any atom is 0.302 e. The van der Waals surface area contributed by atoms with Crippen molar-refractivity contribution in [2.75, 3.05) is 0 Å². The van der Waals surface area contributed by atoms with Crippen LogP contribution < -0.4 is 5.32 Å². The monoisotopic (exact) mass is 343 g/mol. The molecule has 1 heterocycles. The highest BCUT2D eigenvalue weighted by Gasteiger charge is 2.55. The summed E-state index contributed by atoms with van der Waals surface area (Å²) >= 11 is 2.01. The normalized spacial score (nSPS) is 37.9. The third kappa shape index (κ3) is 2.09. The Morgan fingerprint density at radius 2 is 2.40 bits per heavy atom. The molecule has 0 aromatic rings. The number of piperidine rings is 1. The van der Waals surface area contributed by atoms with Gasteiger partial charge in [-0.2, -0.15) is 0 Å². The van der Waals surface area contributed by atoms with Crippen molar-refractivity contribution in [2.45, 2.75) is 31.6 Å². The second-order valence-corrected chi connectivity index (χ2v) is 5.05. The number of hydrogen-bond donors (Lipinski definition) is 1. The second kappa shape index (κ2) is 4.46. The quantitative estimate of drug-likeness (QED) is 0.467. The van der Waals surface area contributed by atoms with Crippen molar-refractivity contribution in [1.82, 2.24) is 5.32 Å². The topological polar surface area (TPSA) is 64.6 Å². The van der Waals surface area contributed by atoms with Crippen LogP contribution in [-0.2, 0) is 18.5 Å². The van der Waals surface area contributed by atoms with Crippen molar-refractivity contribution in [2.24, 2.45) is 5.92 Å². The molecule has 1 saturated carbocycles. The molecule has 84 valence electrons. The van der Waals surface area contributed by atoms with E-state index < -0.39 is 0 Å². The van der Waals surface area contributed by atoms with E-state index in [1.54, 1.807) is 0 Å². The Bertz CT molecular complexity index is 300. The van der Waals surface area contributed by atoms with Gasteiger partial charge in [-0.05, 0) is 0 Å². The van der Waals surface area contributed by atoms with E-state index >= 15 is 0 Å². The molecule has 1 N–H and O–H groups in total. The van der Waals surface area contributed by atoms with E-state index in [1.165, 1.54) is 16.1 Å². The first-order chi connectivity index (χ1) is 7.13. The summed E-state index contributed by atoms with van der Waals surface area (Å²) in [6.45, 7) is 1.37. The van der Waals surface area contributed by atoms with Crippen LogP contribution in [0.3, 0.4) is 0 Å². The lowest BCUT2D eigenvalue weighted by Crippen LogP contribution is -2.44. The number of amides is 1.